The molecule has 1 aliphatic heterocycles. The van der Waals surface area contributed by atoms with Crippen molar-refractivity contribution in [1.82, 2.24) is 5.32 Å². The summed E-state index contributed by atoms with van der Waals surface area (Å²) in [6, 6.07) is 14.2. The van der Waals surface area contributed by atoms with E-state index < -0.39 is 0 Å². The van der Waals surface area contributed by atoms with Crippen LogP contribution in [0.2, 0.25) is 0 Å². The zero-order valence-corrected chi connectivity index (χ0v) is 13.0. The van der Waals surface area contributed by atoms with Crippen molar-refractivity contribution in [1.29, 1.82) is 0 Å². The van der Waals surface area contributed by atoms with Gasteiger partial charge in [0.15, 0.2) is 0 Å². The average Bonchev–Trinajstić information content (AvgIpc) is 3.16. The maximum absolute atomic E-state index is 13.2. The Balaban J connectivity index is 1.47. The van der Waals surface area contributed by atoms with Gasteiger partial charge >= 0.3 is 0 Å². The second kappa shape index (κ2) is 5.66. The second-order valence-electron chi connectivity index (χ2n) is 5.55. The minimum absolute atomic E-state index is 0.129. The summed E-state index contributed by atoms with van der Waals surface area (Å²) < 4.78 is 19.8. The lowest BCUT2D eigenvalue weighted by Crippen LogP contribution is -2.28. The van der Waals surface area contributed by atoms with Gasteiger partial charge in [0, 0.05) is 22.7 Å². The molecule has 23 heavy (non-hydrogen) atoms. The van der Waals surface area contributed by atoms with Crippen LogP contribution in [0.1, 0.15) is 21.2 Å². The number of thiophene rings is 1. The molecular weight excluding hydrogens is 313 g/mol. The predicted octanol–water partition coefficient (Wildman–Crippen LogP) is 3.95. The van der Waals surface area contributed by atoms with Gasteiger partial charge < -0.3 is 10.1 Å². The molecule has 1 amide bonds. The van der Waals surface area contributed by atoms with Gasteiger partial charge in [-0.2, -0.15) is 0 Å². The molecule has 0 bridgehead atoms. The van der Waals surface area contributed by atoms with Crippen molar-refractivity contribution in [3.05, 3.63) is 64.8 Å². The van der Waals surface area contributed by atoms with Crippen LogP contribution in [0.5, 0.6) is 5.75 Å². The fraction of sp³-hybridized carbons (Fsp3) is 0.167. The zero-order valence-electron chi connectivity index (χ0n) is 12.2. The number of fused-ring (bicyclic) bond motifs is 2. The van der Waals surface area contributed by atoms with Crippen LogP contribution in [0.15, 0.2) is 48.5 Å². The standard InChI is InChI=1S/C18H14FNO2S/c19-13-5-6-16-11(7-13)8-17(23-16)18(21)20-9-12-10-22-15-4-2-1-3-14(12)15/h1-8,12H,9-10H2,(H,20,21). The summed E-state index contributed by atoms with van der Waals surface area (Å²) in [7, 11) is 0. The van der Waals surface area contributed by atoms with Crippen LogP contribution in [0.4, 0.5) is 4.39 Å². The van der Waals surface area contributed by atoms with Gasteiger partial charge in [-0.05, 0) is 35.7 Å². The molecule has 3 aromatic rings. The van der Waals surface area contributed by atoms with Crippen molar-refractivity contribution in [2.75, 3.05) is 13.2 Å². The summed E-state index contributed by atoms with van der Waals surface area (Å²) in [5.41, 5.74) is 1.13. The highest BCUT2D eigenvalue weighted by Gasteiger charge is 2.24. The first-order valence-electron chi connectivity index (χ1n) is 7.40. The first-order chi connectivity index (χ1) is 11.2. The number of amides is 1. The van der Waals surface area contributed by atoms with Gasteiger partial charge in [-0.3, -0.25) is 4.79 Å². The van der Waals surface area contributed by atoms with Crippen molar-refractivity contribution in [3.8, 4) is 5.75 Å². The number of para-hydroxylation sites is 1. The summed E-state index contributed by atoms with van der Waals surface area (Å²) in [4.78, 5) is 12.9. The van der Waals surface area contributed by atoms with E-state index >= 15 is 0 Å². The summed E-state index contributed by atoms with van der Waals surface area (Å²) in [5.74, 6) is 0.643. The van der Waals surface area contributed by atoms with Crippen LogP contribution in [0.3, 0.4) is 0 Å². The van der Waals surface area contributed by atoms with Crippen molar-refractivity contribution in [2.45, 2.75) is 5.92 Å². The first-order valence-corrected chi connectivity index (χ1v) is 8.21. The predicted molar refractivity (Wildman–Crippen MR) is 88.8 cm³/mol. The van der Waals surface area contributed by atoms with Crippen LogP contribution in [-0.2, 0) is 0 Å². The van der Waals surface area contributed by atoms with E-state index in [0.29, 0.717) is 18.0 Å². The summed E-state index contributed by atoms with van der Waals surface area (Å²) >= 11 is 1.37. The van der Waals surface area contributed by atoms with Crippen molar-refractivity contribution in [3.63, 3.8) is 0 Å². The Bertz CT molecular complexity index is 890. The molecule has 0 spiro atoms. The van der Waals surface area contributed by atoms with E-state index in [4.69, 9.17) is 4.74 Å². The molecule has 116 valence electrons. The Morgan fingerprint density at radius 1 is 1.26 bits per heavy atom. The van der Waals surface area contributed by atoms with Crippen LogP contribution < -0.4 is 10.1 Å². The number of ether oxygens (including phenoxy) is 1. The molecule has 1 aliphatic rings. The molecule has 0 saturated carbocycles. The Morgan fingerprint density at radius 3 is 3.04 bits per heavy atom. The highest BCUT2D eigenvalue weighted by Crippen LogP contribution is 2.33. The summed E-state index contributed by atoms with van der Waals surface area (Å²) in [5, 5.41) is 3.71. The monoisotopic (exact) mass is 327 g/mol. The van der Waals surface area contributed by atoms with Gasteiger partial charge in [0.1, 0.15) is 11.6 Å². The fourth-order valence-electron chi connectivity index (χ4n) is 2.83. The second-order valence-corrected chi connectivity index (χ2v) is 6.63. The van der Waals surface area contributed by atoms with Gasteiger partial charge in [0.05, 0.1) is 11.5 Å². The number of carbonyl (C=O) groups excluding carboxylic acids is 1. The lowest BCUT2D eigenvalue weighted by molar-refractivity contribution is 0.0954. The Kier molecular flexibility index (Phi) is 3.50. The van der Waals surface area contributed by atoms with Gasteiger partial charge in [-0.15, -0.1) is 11.3 Å². The van der Waals surface area contributed by atoms with Crippen LogP contribution in [0, 0.1) is 5.82 Å². The molecule has 4 rings (SSSR count). The minimum atomic E-state index is -0.290. The minimum Gasteiger partial charge on any atom is -0.493 e. The van der Waals surface area contributed by atoms with E-state index in [-0.39, 0.29) is 17.6 Å². The van der Waals surface area contributed by atoms with Gasteiger partial charge in [0.25, 0.3) is 5.91 Å². The third kappa shape index (κ3) is 2.68. The number of halogens is 1. The van der Waals surface area contributed by atoms with Crippen LogP contribution >= 0.6 is 11.3 Å². The van der Waals surface area contributed by atoms with Crippen molar-refractivity contribution in [2.24, 2.45) is 0 Å². The molecule has 2 heterocycles. The molecule has 0 aliphatic carbocycles. The molecule has 0 saturated heterocycles. The summed E-state index contributed by atoms with van der Waals surface area (Å²) in [6.07, 6.45) is 0. The van der Waals surface area contributed by atoms with Crippen LogP contribution in [0.25, 0.3) is 10.1 Å². The molecular formula is C18H14FNO2S. The number of rotatable bonds is 3. The number of benzene rings is 2. The largest absolute Gasteiger partial charge is 0.493 e. The zero-order chi connectivity index (χ0) is 15.8. The SMILES string of the molecule is O=C(NCC1COc2ccccc21)c1cc2cc(F)ccc2s1. The molecule has 5 heteroatoms. The smallest absolute Gasteiger partial charge is 0.261 e. The van der Waals surface area contributed by atoms with Crippen LogP contribution in [-0.4, -0.2) is 19.1 Å². The molecule has 1 N–H and O–H groups in total. The summed E-state index contributed by atoms with van der Waals surface area (Å²) in [6.45, 7) is 1.11. The lowest BCUT2D eigenvalue weighted by Gasteiger charge is -2.09. The maximum atomic E-state index is 13.2. The van der Waals surface area contributed by atoms with E-state index in [2.05, 4.69) is 5.32 Å². The van der Waals surface area contributed by atoms with E-state index in [1.54, 1.807) is 12.1 Å². The normalized spacial score (nSPS) is 16.1. The van der Waals surface area contributed by atoms with Gasteiger partial charge in [-0.1, -0.05) is 18.2 Å². The van der Waals surface area contributed by atoms with E-state index in [9.17, 15) is 9.18 Å². The number of nitrogens with one attached hydrogen (secondary N) is 1. The lowest BCUT2D eigenvalue weighted by atomic mass is 10.0. The fourth-order valence-corrected chi connectivity index (χ4v) is 3.79. The number of carbonyl (C=O) groups is 1. The highest BCUT2D eigenvalue weighted by atomic mass is 32.1. The van der Waals surface area contributed by atoms with Crippen molar-refractivity contribution >= 4 is 27.3 Å². The molecule has 3 nitrogen and oxygen atoms in total. The highest BCUT2D eigenvalue weighted by molar-refractivity contribution is 7.20. The third-order valence-electron chi connectivity index (χ3n) is 4.01. The number of hydrogen-bond acceptors (Lipinski definition) is 3. The first kappa shape index (κ1) is 14.2. The topological polar surface area (TPSA) is 38.3 Å². The molecule has 1 unspecified atom stereocenters. The average molecular weight is 327 g/mol. The molecule has 1 atom stereocenters. The van der Waals surface area contributed by atoms with Gasteiger partial charge in [-0.25, -0.2) is 4.39 Å². The van der Waals surface area contributed by atoms with E-state index in [1.807, 2.05) is 24.3 Å². The Hall–Kier alpha value is -2.40. The molecule has 0 fully saturated rings. The van der Waals surface area contributed by atoms with Gasteiger partial charge in [0.2, 0.25) is 0 Å². The Morgan fingerprint density at radius 2 is 2.13 bits per heavy atom. The third-order valence-corrected chi connectivity index (χ3v) is 5.12. The quantitative estimate of drug-likeness (QED) is 0.791. The Labute approximate surface area is 136 Å². The number of hydrogen-bond donors (Lipinski definition) is 1. The maximum Gasteiger partial charge on any atom is 0.261 e. The molecule has 2 aromatic carbocycles. The van der Waals surface area contributed by atoms with E-state index in [0.717, 1.165) is 21.4 Å². The van der Waals surface area contributed by atoms with E-state index in [1.165, 1.54) is 23.5 Å². The van der Waals surface area contributed by atoms with Crippen molar-refractivity contribution < 1.29 is 13.9 Å². The molecule has 0 radical (unpaired) electrons. The molecule has 1 aromatic heterocycles.